The van der Waals surface area contributed by atoms with Gasteiger partial charge in [-0.3, -0.25) is 9.59 Å². The zero-order chi connectivity index (χ0) is 17.8. The zero-order valence-corrected chi connectivity index (χ0v) is 14.2. The van der Waals surface area contributed by atoms with Gasteiger partial charge in [-0.1, -0.05) is 18.2 Å². The van der Waals surface area contributed by atoms with Crippen molar-refractivity contribution in [3.05, 3.63) is 53.6 Å². The van der Waals surface area contributed by atoms with Crippen LogP contribution < -0.4 is 20.1 Å². The lowest BCUT2D eigenvalue weighted by atomic mass is 10.1. The van der Waals surface area contributed by atoms with Gasteiger partial charge in [0, 0.05) is 6.54 Å². The van der Waals surface area contributed by atoms with Gasteiger partial charge in [-0.25, -0.2) is 0 Å². The largest absolute Gasteiger partial charge is 0.497 e. The first-order chi connectivity index (χ1) is 12.0. The number of anilines is 1. The van der Waals surface area contributed by atoms with E-state index in [0.717, 1.165) is 16.9 Å². The molecule has 0 fully saturated rings. The first-order valence-electron chi connectivity index (χ1n) is 8.05. The molecule has 0 bridgehead atoms. The average molecular weight is 340 g/mol. The van der Waals surface area contributed by atoms with Gasteiger partial charge < -0.3 is 20.1 Å². The quantitative estimate of drug-likeness (QED) is 0.875. The molecular formula is C19H20N2O4. The summed E-state index contributed by atoms with van der Waals surface area (Å²) >= 11 is 0. The lowest BCUT2D eigenvalue weighted by Crippen LogP contribution is -2.34. The van der Waals surface area contributed by atoms with E-state index >= 15 is 0 Å². The summed E-state index contributed by atoms with van der Waals surface area (Å²) in [6.07, 6.45) is -0.222. The van der Waals surface area contributed by atoms with Gasteiger partial charge in [0.25, 0.3) is 5.91 Å². The molecule has 25 heavy (non-hydrogen) atoms. The predicted molar refractivity (Wildman–Crippen MR) is 93.7 cm³/mol. The molecule has 1 aliphatic rings. The summed E-state index contributed by atoms with van der Waals surface area (Å²) in [6.45, 7) is 2.08. The molecule has 2 aromatic carbocycles. The minimum Gasteiger partial charge on any atom is -0.497 e. The molecule has 130 valence electrons. The van der Waals surface area contributed by atoms with Crippen LogP contribution in [0.5, 0.6) is 11.5 Å². The monoisotopic (exact) mass is 340 g/mol. The Kier molecular flexibility index (Phi) is 4.88. The van der Waals surface area contributed by atoms with Crippen LogP contribution in [0.3, 0.4) is 0 Å². The van der Waals surface area contributed by atoms with Crippen LogP contribution in [0.25, 0.3) is 0 Å². The molecule has 6 nitrogen and oxygen atoms in total. The fourth-order valence-electron chi connectivity index (χ4n) is 2.60. The fraction of sp³-hybridized carbons (Fsp3) is 0.263. The standard InChI is InChI=1S/C19H20N2O4/c1-12-19(23)21-16-9-14(6-7-17(16)25-12)11-20-18(22)10-13-4-3-5-15(8-13)24-2/h3-9,12H,10-11H2,1-2H3,(H,20,22)(H,21,23). The van der Waals surface area contributed by atoms with Crippen LogP contribution in [0.2, 0.25) is 0 Å². The van der Waals surface area contributed by atoms with E-state index in [1.54, 1.807) is 20.1 Å². The summed E-state index contributed by atoms with van der Waals surface area (Å²) in [6, 6.07) is 12.9. The topological polar surface area (TPSA) is 76.7 Å². The number of amides is 2. The molecule has 1 aliphatic heterocycles. The highest BCUT2D eigenvalue weighted by atomic mass is 16.5. The molecule has 2 amide bonds. The zero-order valence-electron chi connectivity index (χ0n) is 14.2. The third kappa shape index (κ3) is 4.09. The first kappa shape index (κ1) is 16.8. The lowest BCUT2D eigenvalue weighted by Gasteiger charge is -2.23. The van der Waals surface area contributed by atoms with Crippen LogP contribution >= 0.6 is 0 Å². The highest BCUT2D eigenvalue weighted by Crippen LogP contribution is 2.30. The van der Waals surface area contributed by atoms with Crippen molar-refractivity contribution in [1.29, 1.82) is 0 Å². The Morgan fingerprint density at radius 1 is 1.24 bits per heavy atom. The molecule has 0 aliphatic carbocycles. The van der Waals surface area contributed by atoms with Crippen molar-refractivity contribution in [2.45, 2.75) is 26.0 Å². The van der Waals surface area contributed by atoms with Gasteiger partial charge in [0.05, 0.1) is 19.2 Å². The van der Waals surface area contributed by atoms with Crippen LogP contribution in [0, 0.1) is 0 Å². The van der Waals surface area contributed by atoms with Gasteiger partial charge in [0.15, 0.2) is 6.10 Å². The maximum Gasteiger partial charge on any atom is 0.265 e. The van der Waals surface area contributed by atoms with Crippen LogP contribution in [0.4, 0.5) is 5.69 Å². The van der Waals surface area contributed by atoms with Gasteiger partial charge in [-0.2, -0.15) is 0 Å². The molecule has 0 saturated carbocycles. The SMILES string of the molecule is COc1cccc(CC(=O)NCc2ccc3c(c2)NC(=O)C(C)O3)c1. The van der Waals surface area contributed by atoms with E-state index < -0.39 is 6.10 Å². The van der Waals surface area contributed by atoms with Crippen molar-refractivity contribution in [3.8, 4) is 11.5 Å². The molecule has 0 spiro atoms. The van der Waals surface area contributed by atoms with E-state index in [9.17, 15) is 9.59 Å². The highest BCUT2D eigenvalue weighted by molar-refractivity contribution is 5.97. The third-order valence-electron chi connectivity index (χ3n) is 3.96. The Balaban J connectivity index is 1.59. The molecular weight excluding hydrogens is 320 g/mol. The van der Waals surface area contributed by atoms with Gasteiger partial charge in [-0.05, 0) is 42.3 Å². The second-order valence-electron chi connectivity index (χ2n) is 5.88. The van der Waals surface area contributed by atoms with Crippen LogP contribution in [-0.4, -0.2) is 25.0 Å². The van der Waals surface area contributed by atoms with E-state index in [0.29, 0.717) is 18.0 Å². The molecule has 1 heterocycles. The number of benzene rings is 2. The number of hydrogen-bond donors (Lipinski definition) is 2. The van der Waals surface area contributed by atoms with Crippen molar-refractivity contribution in [1.82, 2.24) is 5.32 Å². The molecule has 1 unspecified atom stereocenters. The second-order valence-corrected chi connectivity index (χ2v) is 5.88. The number of carbonyl (C=O) groups is 2. The van der Waals surface area contributed by atoms with Crippen molar-refractivity contribution in [2.75, 3.05) is 12.4 Å². The molecule has 0 radical (unpaired) electrons. The van der Waals surface area contributed by atoms with Crippen molar-refractivity contribution in [3.63, 3.8) is 0 Å². The van der Waals surface area contributed by atoms with E-state index in [-0.39, 0.29) is 18.2 Å². The summed E-state index contributed by atoms with van der Waals surface area (Å²) in [4.78, 5) is 23.8. The van der Waals surface area contributed by atoms with Crippen LogP contribution in [0.15, 0.2) is 42.5 Å². The number of fused-ring (bicyclic) bond motifs is 1. The summed E-state index contributed by atoms with van der Waals surface area (Å²) < 4.78 is 10.7. The van der Waals surface area contributed by atoms with Crippen molar-refractivity contribution in [2.24, 2.45) is 0 Å². The second kappa shape index (κ2) is 7.25. The number of rotatable bonds is 5. The molecule has 6 heteroatoms. The fourth-order valence-corrected chi connectivity index (χ4v) is 2.60. The minimum atomic E-state index is -0.499. The number of nitrogens with one attached hydrogen (secondary N) is 2. The molecule has 0 saturated heterocycles. The number of hydrogen-bond acceptors (Lipinski definition) is 4. The number of methoxy groups -OCH3 is 1. The van der Waals surface area contributed by atoms with E-state index in [1.165, 1.54) is 0 Å². The summed E-state index contributed by atoms with van der Waals surface area (Å²) in [7, 11) is 1.60. The van der Waals surface area contributed by atoms with Crippen molar-refractivity contribution >= 4 is 17.5 Å². The summed E-state index contributed by atoms with van der Waals surface area (Å²) in [5.41, 5.74) is 2.40. The predicted octanol–water partition coefficient (Wildman–Crippen LogP) is 2.27. The van der Waals surface area contributed by atoms with E-state index in [2.05, 4.69) is 10.6 Å². The number of ether oxygens (including phenoxy) is 2. The molecule has 1 atom stereocenters. The third-order valence-corrected chi connectivity index (χ3v) is 3.96. The molecule has 2 aromatic rings. The Morgan fingerprint density at radius 2 is 2.08 bits per heavy atom. The maximum atomic E-state index is 12.1. The van der Waals surface area contributed by atoms with Crippen LogP contribution in [0.1, 0.15) is 18.1 Å². The number of carbonyl (C=O) groups excluding carboxylic acids is 2. The first-order valence-corrected chi connectivity index (χ1v) is 8.05. The van der Waals surface area contributed by atoms with Gasteiger partial charge >= 0.3 is 0 Å². The average Bonchev–Trinajstić information content (AvgIpc) is 2.61. The Labute approximate surface area is 146 Å². The molecule has 2 N–H and O–H groups in total. The van der Waals surface area contributed by atoms with Gasteiger partial charge in [0.2, 0.25) is 5.91 Å². The lowest BCUT2D eigenvalue weighted by molar-refractivity contribution is -0.123. The Bertz CT molecular complexity index is 804. The van der Waals surface area contributed by atoms with Crippen molar-refractivity contribution < 1.29 is 19.1 Å². The summed E-state index contributed by atoms with van der Waals surface area (Å²) in [5, 5.41) is 5.68. The van der Waals surface area contributed by atoms with Gasteiger partial charge in [-0.15, -0.1) is 0 Å². The van der Waals surface area contributed by atoms with E-state index in [1.807, 2.05) is 36.4 Å². The maximum absolute atomic E-state index is 12.1. The Morgan fingerprint density at radius 3 is 2.88 bits per heavy atom. The highest BCUT2D eigenvalue weighted by Gasteiger charge is 2.23. The minimum absolute atomic E-state index is 0.0834. The normalized spacial score (nSPS) is 15.6. The van der Waals surface area contributed by atoms with E-state index in [4.69, 9.17) is 9.47 Å². The summed E-state index contributed by atoms with van der Waals surface area (Å²) in [5.74, 6) is 1.11. The smallest absolute Gasteiger partial charge is 0.265 e. The molecule has 3 rings (SSSR count). The van der Waals surface area contributed by atoms with Crippen LogP contribution in [-0.2, 0) is 22.6 Å². The molecule has 0 aromatic heterocycles. The Hall–Kier alpha value is -3.02. The van der Waals surface area contributed by atoms with Gasteiger partial charge in [0.1, 0.15) is 11.5 Å².